The average molecular weight is 409 g/mol. The summed E-state index contributed by atoms with van der Waals surface area (Å²) in [6, 6.07) is 9.38. The summed E-state index contributed by atoms with van der Waals surface area (Å²) >= 11 is 5.34. The predicted octanol–water partition coefficient (Wildman–Crippen LogP) is 2.47. The van der Waals surface area contributed by atoms with Crippen molar-refractivity contribution in [2.75, 3.05) is 18.8 Å². The molecule has 1 aromatic carbocycles. The Balaban J connectivity index is 1.70. The molecule has 9 heteroatoms. The molecular weight excluding hydrogens is 384 g/mol. The van der Waals surface area contributed by atoms with Crippen LogP contribution in [0.5, 0.6) is 0 Å². The number of likely N-dealkylation sites (tertiary alicyclic amines) is 1. The van der Waals surface area contributed by atoms with Crippen LogP contribution in [0.4, 0.5) is 0 Å². The van der Waals surface area contributed by atoms with Crippen LogP contribution in [0.15, 0.2) is 36.5 Å². The zero-order valence-electron chi connectivity index (χ0n) is 15.2. The SMILES string of the molecule is CCCS(=O)(=O)NC1CCN(C(=O)c2c[nH]c(=S)n2-c2ccccc2)CC1. The van der Waals surface area contributed by atoms with Crippen LogP contribution in [0, 0.1) is 4.77 Å². The Morgan fingerprint density at radius 1 is 1.26 bits per heavy atom. The molecule has 1 amide bonds. The van der Waals surface area contributed by atoms with Crippen molar-refractivity contribution in [1.82, 2.24) is 19.2 Å². The van der Waals surface area contributed by atoms with Crippen LogP contribution < -0.4 is 4.72 Å². The number of rotatable bonds is 6. The van der Waals surface area contributed by atoms with E-state index in [-0.39, 0.29) is 17.7 Å². The van der Waals surface area contributed by atoms with E-state index in [1.807, 2.05) is 37.3 Å². The highest BCUT2D eigenvalue weighted by Gasteiger charge is 2.28. The van der Waals surface area contributed by atoms with Gasteiger partial charge in [-0.25, -0.2) is 13.1 Å². The number of carbonyl (C=O) groups excluding carboxylic acids is 1. The van der Waals surface area contributed by atoms with E-state index in [2.05, 4.69) is 9.71 Å². The summed E-state index contributed by atoms with van der Waals surface area (Å²) in [7, 11) is -3.24. The monoisotopic (exact) mass is 408 g/mol. The van der Waals surface area contributed by atoms with Gasteiger partial charge in [-0.1, -0.05) is 25.1 Å². The highest BCUT2D eigenvalue weighted by Crippen LogP contribution is 2.18. The van der Waals surface area contributed by atoms with Crippen LogP contribution in [-0.2, 0) is 10.0 Å². The van der Waals surface area contributed by atoms with Gasteiger partial charge >= 0.3 is 0 Å². The van der Waals surface area contributed by atoms with Gasteiger partial charge in [0.25, 0.3) is 5.91 Å². The van der Waals surface area contributed by atoms with Crippen LogP contribution in [0.25, 0.3) is 5.69 Å². The second-order valence-corrected chi connectivity index (χ2v) is 8.91. The fraction of sp³-hybridized carbons (Fsp3) is 0.444. The molecule has 0 spiro atoms. The minimum absolute atomic E-state index is 0.110. The van der Waals surface area contributed by atoms with Crippen molar-refractivity contribution in [3.8, 4) is 5.69 Å². The van der Waals surface area contributed by atoms with Gasteiger partial charge in [0.15, 0.2) is 4.77 Å². The van der Waals surface area contributed by atoms with Gasteiger partial charge in [0.2, 0.25) is 10.0 Å². The van der Waals surface area contributed by atoms with E-state index in [0.717, 1.165) is 5.69 Å². The van der Waals surface area contributed by atoms with Crippen LogP contribution in [0.3, 0.4) is 0 Å². The molecule has 2 aromatic rings. The Hall–Kier alpha value is -1.97. The molecule has 0 atom stereocenters. The Morgan fingerprint density at radius 2 is 1.93 bits per heavy atom. The summed E-state index contributed by atoms with van der Waals surface area (Å²) in [4.78, 5) is 17.7. The first-order valence-corrected chi connectivity index (χ1v) is 11.1. The second kappa shape index (κ2) is 8.37. The van der Waals surface area contributed by atoms with Crippen molar-refractivity contribution in [2.45, 2.75) is 32.2 Å². The van der Waals surface area contributed by atoms with Gasteiger partial charge in [-0.3, -0.25) is 9.36 Å². The number of sulfonamides is 1. The van der Waals surface area contributed by atoms with Crippen LogP contribution in [0.1, 0.15) is 36.7 Å². The molecule has 0 unspecified atom stereocenters. The zero-order chi connectivity index (χ0) is 19.4. The summed E-state index contributed by atoms with van der Waals surface area (Å²) in [6.07, 6.45) is 3.42. The fourth-order valence-electron chi connectivity index (χ4n) is 3.30. The molecule has 146 valence electrons. The number of imidazole rings is 1. The number of carbonyl (C=O) groups is 1. The smallest absolute Gasteiger partial charge is 0.272 e. The molecule has 1 aliphatic rings. The third-order valence-electron chi connectivity index (χ3n) is 4.61. The zero-order valence-corrected chi connectivity index (χ0v) is 16.9. The van der Waals surface area contributed by atoms with Crippen LogP contribution in [-0.4, -0.2) is 53.7 Å². The standard InChI is InChI=1S/C18H24N4O3S2/c1-2-12-27(24,25)20-14-8-10-21(11-9-14)17(23)16-13-19-18(26)22(16)15-6-4-3-5-7-15/h3-7,13-14,20H,2,8-12H2,1H3,(H,19,26). The molecule has 1 aliphatic heterocycles. The van der Waals surface area contributed by atoms with Crippen molar-refractivity contribution in [3.05, 3.63) is 47.0 Å². The van der Waals surface area contributed by atoms with E-state index < -0.39 is 10.0 Å². The van der Waals surface area contributed by atoms with Crippen LogP contribution in [0.2, 0.25) is 0 Å². The van der Waals surface area contributed by atoms with Crippen molar-refractivity contribution in [3.63, 3.8) is 0 Å². The first kappa shape index (κ1) is 19.8. The number of para-hydroxylation sites is 1. The number of amides is 1. The largest absolute Gasteiger partial charge is 0.337 e. The topological polar surface area (TPSA) is 87.2 Å². The van der Waals surface area contributed by atoms with E-state index in [1.165, 1.54) is 0 Å². The van der Waals surface area contributed by atoms with Gasteiger partial charge in [0.05, 0.1) is 5.75 Å². The number of nitrogens with one attached hydrogen (secondary N) is 2. The lowest BCUT2D eigenvalue weighted by Gasteiger charge is -2.32. The lowest BCUT2D eigenvalue weighted by atomic mass is 10.1. The molecule has 2 N–H and O–H groups in total. The molecule has 0 aliphatic carbocycles. The summed E-state index contributed by atoms with van der Waals surface area (Å²) < 4.78 is 28.8. The second-order valence-electron chi connectivity index (χ2n) is 6.65. The van der Waals surface area contributed by atoms with E-state index in [9.17, 15) is 13.2 Å². The maximum Gasteiger partial charge on any atom is 0.272 e. The van der Waals surface area contributed by atoms with Gasteiger partial charge in [-0.2, -0.15) is 0 Å². The van der Waals surface area contributed by atoms with Crippen molar-refractivity contribution < 1.29 is 13.2 Å². The molecule has 1 fully saturated rings. The van der Waals surface area contributed by atoms with E-state index >= 15 is 0 Å². The van der Waals surface area contributed by atoms with Gasteiger partial charge in [-0.05, 0) is 43.6 Å². The first-order chi connectivity index (χ1) is 12.9. The fourth-order valence-corrected chi connectivity index (χ4v) is 4.96. The molecule has 3 rings (SSSR count). The van der Waals surface area contributed by atoms with E-state index in [1.54, 1.807) is 15.7 Å². The molecule has 7 nitrogen and oxygen atoms in total. The minimum atomic E-state index is -3.24. The number of hydrogen-bond acceptors (Lipinski definition) is 4. The molecule has 2 heterocycles. The Labute approximate surface area is 164 Å². The predicted molar refractivity (Wildman–Crippen MR) is 107 cm³/mol. The van der Waals surface area contributed by atoms with Crippen molar-refractivity contribution in [2.24, 2.45) is 0 Å². The summed E-state index contributed by atoms with van der Waals surface area (Å²) in [5, 5.41) is 0. The molecule has 1 saturated heterocycles. The third-order valence-corrected chi connectivity index (χ3v) is 6.55. The number of hydrogen-bond donors (Lipinski definition) is 2. The molecule has 1 aromatic heterocycles. The molecule has 0 radical (unpaired) electrons. The Kier molecular flexibility index (Phi) is 6.13. The lowest BCUT2D eigenvalue weighted by molar-refractivity contribution is 0.0703. The van der Waals surface area contributed by atoms with E-state index in [0.29, 0.717) is 42.8 Å². The van der Waals surface area contributed by atoms with Crippen molar-refractivity contribution >= 4 is 28.1 Å². The van der Waals surface area contributed by atoms with Gasteiger partial charge in [-0.15, -0.1) is 0 Å². The maximum atomic E-state index is 13.0. The normalized spacial score (nSPS) is 15.8. The molecule has 0 bridgehead atoms. The number of nitrogens with zero attached hydrogens (tertiary/aromatic N) is 2. The Bertz CT molecular complexity index is 942. The first-order valence-electron chi connectivity index (χ1n) is 9.06. The molecule has 27 heavy (non-hydrogen) atoms. The van der Waals surface area contributed by atoms with Gasteiger partial charge in [0.1, 0.15) is 5.69 Å². The number of aromatic nitrogens is 2. The molecular formula is C18H24N4O3S2. The molecule has 0 saturated carbocycles. The highest BCUT2D eigenvalue weighted by molar-refractivity contribution is 7.89. The lowest BCUT2D eigenvalue weighted by Crippen LogP contribution is -2.47. The summed E-state index contributed by atoms with van der Waals surface area (Å²) in [5.74, 6) is 0.0230. The van der Waals surface area contributed by atoms with Gasteiger partial charge < -0.3 is 9.88 Å². The Morgan fingerprint density at radius 3 is 2.56 bits per heavy atom. The maximum absolute atomic E-state index is 13.0. The number of aromatic amines is 1. The average Bonchev–Trinajstić information content (AvgIpc) is 3.03. The van der Waals surface area contributed by atoms with Crippen molar-refractivity contribution in [1.29, 1.82) is 0 Å². The summed E-state index contributed by atoms with van der Waals surface area (Å²) in [5.41, 5.74) is 1.31. The summed E-state index contributed by atoms with van der Waals surface area (Å²) in [6.45, 7) is 2.85. The number of piperidine rings is 1. The quantitative estimate of drug-likeness (QED) is 0.719. The van der Waals surface area contributed by atoms with Gasteiger partial charge in [0, 0.05) is 31.0 Å². The number of H-pyrrole nitrogens is 1. The van der Waals surface area contributed by atoms with Crippen LogP contribution >= 0.6 is 12.2 Å². The third kappa shape index (κ3) is 4.66. The highest BCUT2D eigenvalue weighted by atomic mass is 32.2. The minimum Gasteiger partial charge on any atom is -0.337 e. The van der Waals surface area contributed by atoms with E-state index in [4.69, 9.17) is 12.2 Å². The number of benzene rings is 1.